The van der Waals surface area contributed by atoms with Crippen molar-refractivity contribution in [2.24, 2.45) is 5.92 Å². The third-order valence-corrected chi connectivity index (χ3v) is 7.60. The summed E-state index contributed by atoms with van der Waals surface area (Å²) in [6, 6.07) is 1.82. The number of nitrogens with zero attached hydrogens (tertiary/aromatic N) is 4. The van der Waals surface area contributed by atoms with Crippen LogP contribution < -0.4 is 10.6 Å². The molecule has 0 bridgehead atoms. The number of hydrogen-bond donors (Lipinski definition) is 4. The molecule has 4 heterocycles. The molecule has 3 fully saturated rings. The number of likely N-dealkylation sites (tertiary alicyclic amines) is 1. The highest BCUT2D eigenvalue weighted by atomic mass is 16.3. The summed E-state index contributed by atoms with van der Waals surface area (Å²) in [7, 11) is 1.84. The molecule has 1 saturated carbocycles. The van der Waals surface area contributed by atoms with Crippen LogP contribution in [-0.2, 0) is 0 Å². The number of anilines is 1. The molecule has 1 spiro atoms. The van der Waals surface area contributed by atoms with Gasteiger partial charge in [0.05, 0.1) is 17.5 Å². The van der Waals surface area contributed by atoms with Gasteiger partial charge in [0.1, 0.15) is 23.9 Å². The molecule has 8 heteroatoms. The summed E-state index contributed by atoms with van der Waals surface area (Å²) in [5.41, 5.74) is 1.10. The minimum absolute atomic E-state index is 0.0721. The average Bonchev–Trinajstić information content (AvgIpc) is 3.41. The minimum Gasteiger partial charge on any atom is -0.390 e. The largest absolute Gasteiger partial charge is 0.390 e. The highest BCUT2D eigenvalue weighted by molar-refractivity contribution is 5.87. The van der Waals surface area contributed by atoms with Crippen LogP contribution >= 0.6 is 0 Å². The summed E-state index contributed by atoms with van der Waals surface area (Å²) in [6.07, 6.45) is 7.66. The van der Waals surface area contributed by atoms with E-state index in [0.29, 0.717) is 5.54 Å². The van der Waals surface area contributed by atoms with Crippen LogP contribution in [0.2, 0.25) is 0 Å². The Labute approximate surface area is 171 Å². The molecule has 2 aromatic rings. The van der Waals surface area contributed by atoms with Crippen LogP contribution in [0.15, 0.2) is 18.6 Å². The first-order valence-electron chi connectivity index (χ1n) is 10.9. The summed E-state index contributed by atoms with van der Waals surface area (Å²) in [5, 5.41) is 29.3. The van der Waals surface area contributed by atoms with E-state index in [1.165, 1.54) is 25.7 Å². The Morgan fingerprint density at radius 2 is 2.03 bits per heavy atom. The molecule has 0 radical (unpaired) electrons. The van der Waals surface area contributed by atoms with Crippen molar-refractivity contribution < 1.29 is 10.2 Å². The quantitative estimate of drug-likeness (QED) is 0.607. The summed E-state index contributed by atoms with van der Waals surface area (Å²) < 4.78 is 2.02. The fourth-order valence-corrected chi connectivity index (χ4v) is 6.01. The lowest BCUT2D eigenvalue weighted by molar-refractivity contribution is -0.00880. The van der Waals surface area contributed by atoms with E-state index >= 15 is 0 Å². The van der Waals surface area contributed by atoms with Gasteiger partial charge < -0.3 is 25.4 Å². The Morgan fingerprint density at radius 1 is 1.21 bits per heavy atom. The molecule has 2 aromatic heterocycles. The van der Waals surface area contributed by atoms with Gasteiger partial charge in [0, 0.05) is 31.2 Å². The Kier molecular flexibility index (Phi) is 4.98. The van der Waals surface area contributed by atoms with Crippen LogP contribution in [0, 0.1) is 5.92 Å². The van der Waals surface area contributed by atoms with E-state index in [-0.39, 0.29) is 12.0 Å². The first-order chi connectivity index (χ1) is 14.1. The molecule has 8 nitrogen and oxygen atoms in total. The second-order valence-corrected chi connectivity index (χ2v) is 9.00. The minimum atomic E-state index is -0.782. The molecule has 2 aliphatic heterocycles. The van der Waals surface area contributed by atoms with Gasteiger partial charge in [0.2, 0.25) is 0 Å². The smallest absolute Gasteiger partial charge is 0.145 e. The molecule has 4 N–H and O–H groups in total. The molecule has 4 atom stereocenters. The van der Waals surface area contributed by atoms with Crippen molar-refractivity contribution in [1.29, 1.82) is 0 Å². The number of aromatic nitrogens is 3. The van der Waals surface area contributed by atoms with E-state index in [0.717, 1.165) is 49.5 Å². The number of hydrogen-bond acceptors (Lipinski definition) is 7. The van der Waals surface area contributed by atoms with E-state index in [2.05, 4.69) is 25.5 Å². The van der Waals surface area contributed by atoms with Crippen LogP contribution in [0.1, 0.15) is 38.1 Å². The van der Waals surface area contributed by atoms with Gasteiger partial charge in [-0.1, -0.05) is 0 Å². The van der Waals surface area contributed by atoms with Gasteiger partial charge in [-0.2, -0.15) is 0 Å². The molecule has 0 aromatic carbocycles. The van der Waals surface area contributed by atoms with E-state index in [9.17, 15) is 10.2 Å². The number of rotatable bonds is 4. The lowest BCUT2D eigenvalue weighted by Crippen LogP contribution is -2.52. The second-order valence-electron chi connectivity index (χ2n) is 9.00. The fraction of sp³-hybridized carbons (Fsp3) is 0.714. The molecule has 1 aliphatic carbocycles. The standard InChI is InChI=1S/C21H32N6O2/c1-22-19-15-3-10-27(20(15)25-13-24-19)16-11-14(17(28)18(16)29)12-26-9-2-4-21(26)5-7-23-8-6-21/h3,10,13-14,16-18,23,28-29H,2,4-9,11-12H2,1H3,(H,22,24,25)/t14-,16-,17-,18+/m1/s1. The Bertz CT molecular complexity index is 864. The highest BCUT2D eigenvalue weighted by Gasteiger charge is 2.47. The van der Waals surface area contributed by atoms with Crippen molar-refractivity contribution >= 4 is 16.9 Å². The SMILES string of the molecule is CNc1ncnc2c1ccn2[C@@H]1C[C@H](CN2CCCC23CCNCC3)[C@@H](O)[C@H]1O. The molecule has 0 unspecified atom stereocenters. The van der Waals surface area contributed by atoms with Gasteiger partial charge in [-0.05, 0) is 57.8 Å². The number of fused-ring (bicyclic) bond motifs is 1. The molecule has 158 valence electrons. The predicted octanol–water partition coefficient (Wildman–Crippen LogP) is 0.974. The third kappa shape index (κ3) is 3.13. The number of aliphatic hydroxyl groups is 2. The summed E-state index contributed by atoms with van der Waals surface area (Å²) in [5.74, 6) is 0.853. The zero-order valence-electron chi connectivity index (χ0n) is 17.1. The number of piperidine rings is 1. The van der Waals surface area contributed by atoms with Gasteiger partial charge in [-0.25, -0.2) is 9.97 Å². The Balaban J connectivity index is 1.37. The zero-order valence-corrected chi connectivity index (χ0v) is 17.1. The monoisotopic (exact) mass is 400 g/mol. The third-order valence-electron chi connectivity index (χ3n) is 7.60. The van der Waals surface area contributed by atoms with Gasteiger partial charge >= 0.3 is 0 Å². The van der Waals surface area contributed by atoms with E-state index < -0.39 is 12.2 Å². The molecule has 2 saturated heterocycles. The normalized spacial score (nSPS) is 32.4. The molecular formula is C21H32N6O2. The van der Waals surface area contributed by atoms with Crippen molar-refractivity contribution in [2.45, 2.75) is 55.9 Å². The molecule has 5 rings (SSSR count). The van der Waals surface area contributed by atoms with Crippen LogP contribution in [-0.4, -0.2) is 80.6 Å². The topological polar surface area (TPSA) is 98.5 Å². The summed E-state index contributed by atoms with van der Waals surface area (Å²) in [6.45, 7) is 4.13. The van der Waals surface area contributed by atoms with Gasteiger partial charge in [0.15, 0.2) is 0 Å². The van der Waals surface area contributed by atoms with Crippen molar-refractivity contribution in [1.82, 2.24) is 24.8 Å². The molecule has 29 heavy (non-hydrogen) atoms. The van der Waals surface area contributed by atoms with E-state index in [1.54, 1.807) is 6.33 Å². The molecule has 0 amide bonds. The van der Waals surface area contributed by atoms with Crippen LogP contribution in [0.5, 0.6) is 0 Å². The maximum atomic E-state index is 10.9. The van der Waals surface area contributed by atoms with Crippen LogP contribution in [0.3, 0.4) is 0 Å². The van der Waals surface area contributed by atoms with E-state index in [1.807, 2.05) is 23.9 Å². The van der Waals surface area contributed by atoms with Crippen LogP contribution in [0.4, 0.5) is 5.82 Å². The van der Waals surface area contributed by atoms with Gasteiger partial charge in [0.25, 0.3) is 0 Å². The van der Waals surface area contributed by atoms with Crippen molar-refractivity contribution in [2.75, 3.05) is 38.5 Å². The van der Waals surface area contributed by atoms with Crippen molar-refractivity contribution in [3.63, 3.8) is 0 Å². The summed E-state index contributed by atoms with van der Waals surface area (Å²) in [4.78, 5) is 11.3. The van der Waals surface area contributed by atoms with Gasteiger partial charge in [-0.15, -0.1) is 0 Å². The Hall–Kier alpha value is -1.74. The van der Waals surface area contributed by atoms with Gasteiger partial charge in [-0.3, -0.25) is 4.90 Å². The lowest BCUT2D eigenvalue weighted by Gasteiger charge is -2.43. The molecule has 3 aliphatic rings. The van der Waals surface area contributed by atoms with E-state index in [4.69, 9.17) is 0 Å². The molecular weight excluding hydrogens is 368 g/mol. The maximum absolute atomic E-state index is 10.9. The zero-order chi connectivity index (χ0) is 20.0. The second kappa shape index (κ2) is 7.50. The Morgan fingerprint density at radius 3 is 2.83 bits per heavy atom. The first kappa shape index (κ1) is 19.2. The number of aliphatic hydroxyl groups excluding tert-OH is 2. The van der Waals surface area contributed by atoms with Crippen LogP contribution in [0.25, 0.3) is 11.0 Å². The van der Waals surface area contributed by atoms with Crippen molar-refractivity contribution in [3.05, 3.63) is 18.6 Å². The highest BCUT2D eigenvalue weighted by Crippen LogP contribution is 2.42. The predicted molar refractivity (Wildman–Crippen MR) is 112 cm³/mol. The average molecular weight is 401 g/mol. The maximum Gasteiger partial charge on any atom is 0.145 e. The van der Waals surface area contributed by atoms with Crippen molar-refractivity contribution in [3.8, 4) is 0 Å². The lowest BCUT2D eigenvalue weighted by atomic mass is 9.85. The fourth-order valence-electron chi connectivity index (χ4n) is 6.01. The number of nitrogens with one attached hydrogen (secondary N) is 2. The first-order valence-corrected chi connectivity index (χ1v) is 10.9. The summed E-state index contributed by atoms with van der Waals surface area (Å²) >= 11 is 0.